The molecule has 3 N–H and O–H groups in total. The van der Waals surface area contributed by atoms with Gasteiger partial charge in [0.15, 0.2) is 5.82 Å². The Morgan fingerprint density at radius 1 is 1.27 bits per heavy atom. The SMILES string of the molecule is C=CC[C@@H](Cc1cc(-c2cnc3ccccc3c2)c2c(N)ncnn12)NC(=O)OC(C)(C)C. The van der Waals surface area contributed by atoms with E-state index in [0.29, 0.717) is 24.2 Å². The molecular formula is C25H28N6O2. The molecule has 0 aliphatic heterocycles. The van der Waals surface area contributed by atoms with E-state index in [2.05, 4.69) is 33.0 Å². The highest BCUT2D eigenvalue weighted by Gasteiger charge is 2.22. The Labute approximate surface area is 192 Å². The summed E-state index contributed by atoms with van der Waals surface area (Å²) in [6.45, 7) is 9.33. The molecule has 3 heterocycles. The molecule has 8 heteroatoms. The molecule has 4 aromatic rings. The number of anilines is 1. The quantitative estimate of drug-likeness (QED) is 0.423. The molecule has 0 fully saturated rings. The van der Waals surface area contributed by atoms with Crippen molar-refractivity contribution in [3.05, 3.63) is 67.3 Å². The Bertz CT molecular complexity index is 1320. The number of nitrogens with zero attached hydrogens (tertiary/aromatic N) is 4. The van der Waals surface area contributed by atoms with Crippen molar-refractivity contribution in [2.45, 2.75) is 45.3 Å². The summed E-state index contributed by atoms with van der Waals surface area (Å²) in [6, 6.07) is 11.8. The Hall–Kier alpha value is -3.94. The number of alkyl carbamates (subject to hydrolysis) is 1. The van der Waals surface area contributed by atoms with Gasteiger partial charge in [-0.2, -0.15) is 5.10 Å². The highest BCUT2D eigenvalue weighted by molar-refractivity contribution is 5.92. The van der Waals surface area contributed by atoms with Gasteiger partial charge in [0.1, 0.15) is 17.4 Å². The number of amides is 1. The zero-order chi connectivity index (χ0) is 23.6. The first-order valence-corrected chi connectivity index (χ1v) is 10.8. The molecule has 0 unspecified atom stereocenters. The maximum Gasteiger partial charge on any atom is 0.407 e. The minimum Gasteiger partial charge on any atom is -0.444 e. The number of pyridine rings is 1. The molecular weight excluding hydrogens is 416 g/mol. The van der Waals surface area contributed by atoms with Crippen molar-refractivity contribution >= 4 is 28.3 Å². The topological polar surface area (TPSA) is 107 Å². The van der Waals surface area contributed by atoms with Crippen LogP contribution in [0.15, 0.2) is 61.6 Å². The molecule has 1 atom stereocenters. The second kappa shape index (κ2) is 8.90. The van der Waals surface area contributed by atoms with Crippen LogP contribution >= 0.6 is 0 Å². The maximum atomic E-state index is 12.4. The van der Waals surface area contributed by atoms with E-state index in [1.807, 2.05) is 57.3 Å². The number of hydrogen-bond acceptors (Lipinski definition) is 6. The van der Waals surface area contributed by atoms with Crippen molar-refractivity contribution in [2.24, 2.45) is 0 Å². The van der Waals surface area contributed by atoms with E-state index in [1.54, 1.807) is 10.6 Å². The summed E-state index contributed by atoms with van der Waals surface area (Å²) >= 11 is 0. The van der Waals surface area contributed by atoms with E-state index < -0.39 is 11.7 Å². The van der Waals surface area contributed by atoms with Gasteiger partial charge in [-0.05, 0) is 45.4 Å². The second-order valence-electron chi connectivity index (χ2n) is 8.94. The number of carbonyl (C=O) groups excluding carboxylic acids is 1. The zero-order valence-electron chi connectivity index (χ0n) is 19.1. The monoisotopic (exact) mass is 444 g/mol. The summed E-state index contributed by atoms with van der Waals surface area (Å²) in [5.41, 5.74) is 9.99. The summed E-state index contributed by atoms with van der Waals surface area (Å²) in [5, 5.41) is 8.41. The third-order valence-corrected chi connectivity index (χ3v) is 5.19. The number of nitrogens with one attached hydrogen (secondary N) is 1. The van der Waals surface area contributed by atoms with Crippen LogP contribution in [0, 0.1) is 0 Å². The van der Waals surface area contributed by atoms with Crippen LogP contribution in [0.4, 0.5) is 10.6 Å². The molecule has 8 nitrogen and oxygen atoms in total. The third-order valence-electron chi connectivity index (χ3n) is 5.19. The molecule has 0 saturated carbocycles. The predicted octanol–water partition coefficient (Wildman–Crippen LogP) is 4.54. The smallest absolute Gasteiger partial charge is 0.407 e. The second-order valence-corrected chi connectivity index (χ2v) is 8.94. The van der Waals surface area contributed by atoms with Gasteiger partial charge in [-0.1, -0.05) is 24.3 Å². The fraction of sp³-hybridized carbons (Fsp3) is 0.280. The Morgan fingerprint density at radius 3 is 2.82 bits per heavy atom. The maximum absolute atomic E-state index is 12.4. The lowest BCUT2D eigenvalue weighted by molar-refractivity contribution is 0.0504. The average molecular weight is 445 g/mol. The van der Waals surface area contributed by atoms with E-state index >= 15 is 0 Å². The van der Waals surface area contributed by atoms with E-state index in [-0.39, 0.29) is 6.04 Å². The Morgan fingerprint density at radius 2 is 2.06 bits per heavy atom. The summed E-state index contributed by atoms with van der Waals surface area (Å²) in [5.74, 6) is 0.375. The van der Waals surface area contributed by atoms with Gasteiger partial charge in [0.25, 0.3) is 0 Å². The fourth-order valence-corrected chi connectivity index (χ4v) is 3.84. The molecule has 1 amide bonds. The number of hydrogen-bond donors (Lipinski definition) is 2. The van der Waals surface area contributed by atoms with Crippen molar-refractivity contribution in [2.75, 3.05) is 5.73 Å². The summed E-state index contributed by atoms with van der Waals surface area (Å²) in [4.78, 5) is 21.2. The first kappa shape index (κ1) is 22.3. The predicted molar refractivity (Wildman–Crippen MR) is 130 cm³/mol. The van der Waals surface area contributed by atoms with Gasteiger partial charge >= 0.3 is 6.09 Å². The van der Waals surface area contributed by atoms with Crippen molar-refractivity contribution in [1.29, 1.82) is 0 Å². The first-order chi connectivity index (χ1) is 15.7. The van der Waals surface area contributed by atoms with Crippen LogP contribution in [0.3, 0.4) is 0 Å². The molecule has 0 radical (unpaired) electrons. The molecule has 0 aliphatic rings. The molecule has 0 bridgehead atoms. The van der Waals surface area contributed by atoms with Gasteiger partial charge in [-0.25, -0.2) is 14.3 Å². The Balaban J connectivity index is 1.72. The number of para-hydroxylation sites is 1. The lowest BCUT2D eigenvalue weighted by Crippen LogP contribution is -2.40. The summed E-state index contributed by atoms with van der Waals surface area (Å²) in [6.07, 6.45) is 5.63. The molecule has 3 aromatic heterocycles. The lowest BCUT2D eigenvalue weighted by Gasteiger charge is -2.23. The van der Waals surface area contributed by atoms with Crippen LogP contribution in [-0.4, -0.2) is 37.3 Å². The van der Waals surface area contributed by atoms with E-state index in [9.17, 15) is 4.79 Å². The number of fused-ring (bicyclic) bond motifs is 2. The molecule has 0 spiro atoms. The molecule has 0 saturated heterocycles. The number of nitrogens with two attached hydrogens (primary N) is 1. The average Bonchev–Trinajstić information content (AvgIpc) is 3.12. The number of nitrogen functional groups attached to an aromatic ring is 1. The number of rotatable bonds is 6. The zero-order valence-corrected chi connectivity index (χ0v) is 19.1. The van der Waals surface area contributed by atoms with Gasteiger partial charge in [0, 0.05) is 40.9 Å². The molecule has 0 aliphatic carbocycles. The van der Waals surface area contributed by atoms with Gasteiger partial charge in [0.2, 0.25) is 0 Å². The van der Waals surface area contributed by atoms with Gasteiger partial charge in [-0.15, -0.1) is 6.58 Å². The number of carbonyl (C=O) groups is 1. The lowest BCUT2D eigenvalue weighted by atomic mass is 10.0. The van der Waals surface area contributed by atoms with Crippen LogP contribution in [0.2, 0.25) is 0 Å². The molecule has 170 valence electrons. The molecule has 33 heavy (non-hydrogen) atoms. The van der Waals surface area contributed by atoms with E-state index in [1.165, 1.54) is 6.33 Å². The van der Waals surface area contributed by atoms with Crippen LogP contribution in [0.25, 0.3) is 27.5 Å². The minimum absolute atomic E-state index is 0.228. The number of ether oxygens (including phenoxy) is 1. The van der Waals surface area contributed by atoms with Crippen LogP contribution in [-0.2, 0) is 11.2 Å². The summed E-state index contributed by atoms with van der Waals surface area (Å²) in [7, 11) is 0. The fourth-order valence-electron chi connectivity index (χ4n) is 3.84. The standard InChI is InChI=1S/C25H28N6O2/c1-5-8-18(30-24(32)33-25(2,3)4)12-19-13-20(22-23(26)28-15-29-31(19)22)17-11-16-9-6-7-10-21(16)27-14-17/h5-7,9-11,13-15,18H,1,8,12H2,2-4H3,(H,30,32)(H2,26,28,29)/t18-/m0/s1. The van der Waals surface area contributed by atoms with Gasteiger partial charge in [-0.3, -0.25) is 4.98 Å². The Kier molecular flexibility index (Phi) is 6.00. The highest BCUT2D eigenvalue weighted by atomic mass is 16.6. The van der Waals surface area contributed by atoms with Crippen molar-refractivity contribution in [3.63, 3.8) is 0 Å². The van der Waals surface area contributed by atoms with Crippen molar-refractivity contribution < 1.29 is 9.53 Å². The van der Waals surface area contributed by atoms with E-state index in [0.717, 1.165) is 27.7 Å². The number of aromatic nitrogens is 4. The van der Waals surface area contributed by atoms with Crippen LogP contribution in [0.1, 0.15) is 32.9 Å². The van der Waals surface area contributed by atoms with E-state index in [4.69, 9.17) is 10.5 Å². The minimum atomic E-state index is -0.581. The van der Waals surface area contributed by atoms with Gasteiger partial charge < -0.3 is 15.8 Å². The number of benzene rings is 1. The largest absolute Gasteiger partial charge is 0.444 e. The van der Waals surface area contributed by atoms with Crippen molar-refractivity contribution in [3.8, 4) is 11.1 Å². The first-order valence-electron chi connectivity index (χ1n) is 10.8. The third kappa shape index (κ3) is 4.95. The molecule has 1 aromatic carbocycles. The van der Waals surface area contributed by atoms with Crippen LogP contribution in [0.5, 0.6) is 0 Å². The molecule has 4 rings (SSSR count). The highest BCUT2D eigenvalue weighted by Crippen LogP contribution is 2.32. The normalized spacial score (nSPS) is 12.6. The van der Waals surface area contributed by atoms with Crippen molar-refractivity contribution in [1.82, 2.24) is 24.9 Å². The van der Waals surface area contributed by atoms with Gasteiger partial charge in [0.05, 0.1) is 5.52 Å². The van der Waals surface area contributed by atoms with Crippen LogP contribution < -0.4 is 11.1 Å². The summed E-state index contributed by atoms with van der Waals surface area (Å²) < 4.78 is 7.21.